The molecule has 0 bridgehead atoms. The largest absolute Gasteiger partial charge is 0.343 e. The Bertz CT molecular complexity index is 1380. The molecule has 13 heteroatoms. The number of rotatable bonds is 6. The van der Waals surface area contributed by atoms with E-state index in [-0.39, 0.29) is 33.9 Å². The number of hydrogen-bond acceptors (Lipinski definition) is 6. The fraction of sp³-hybridized carbons (Fsp3) is 0.273. The SMILES string of the molecule is Cc1c(C(=O)C(=O)NC2(c3cn[nH]n3)CC(F)(F)C2)cc(C(=O)Nc2ccc(F)c(C#N)c2)n1C. The summed E-state index contributed by atoms with van der Waals surface area (Å²) in [6.45, 7) is 1.51. The Morgan fingerprint density at radius 1 is 1.23 bits per heavy atom. The lowest BCUT2D eigenvalue weighted by molar-refractivity contribution is -0.148. The first-order valence-electron chi connectivity index (χ1n) is 10.2. The number of carbonyl (C=O) groups excluding carboxylic acids is 3. The Labute approximate surface area is 196 Å². The van der Waals surface area contributed by atoms with Crippen molar-refractivity contribution in [3.05, 3.63) is 64.5 Å². The van der Waals surface area contributed by atoms with Crippen LogP contribution in [-0.4, -0.2) is 43.5 Å². The highest BCUT2D eigenvalue weighted by Crippen LogP contribution is 2.51. The van der Waals surface area contributed by atoms with Gasteiger partial charge in [0.2, 0.25) is 0 Å². The third kappa shape index (κ3) is 4.25. The zero-order chi connectivity index (χ0) is 25.5. The first kappa shape index (κ1) is 23.7. The zero-order valence-corrected chi connectivity index (χ0v) is 18.4. The van der Waals surface area contributed by atoms with Gasteiger partial charge < -0.3 is 15.2 Å². The molecular weight excluding hydrogens is 467 g/mol. The Morgan fingerprint density at radius 2 is 1.94 bits per heavy atom. The lowest BCUT2D eigenvalue weighted by atomic mass is 9.71. The number of halogens is 3. The third-order valence-corrected chi connectivity index (χ3v) is 5.94. The number of aromatic amines is 1. The first-order valence-corrected chi connectivity index (χ1v) is 10.2. The van der Waals surface area contributed by atoms with Crippen molar-refractivity contribution in [1.29, 1.82) is 5.26 Å². The second-order valence-corrected chi connectivity index (χ2v) is 8.28. The molecule has 0 radical (unpaired) electrons. The van der Waals surface area contributed by atoms with Crippen LogP contribution in [0.3, 0.4) is 0 Å². The molecule has 0 spiro atoms. The molecule has 10 nitrogen and oxygen atoms in total. The third-order valence-electron chi connectivity index (χ3n) is 5.94. The average molecular weight is 485 g/mol. The molecule has 2 amide bonds. The van der Waals surface area contributed by atoms with Gasteiger partial charge in [-0.1, -0.05) is 0 Å². The summed E-state index contributed by atoms with van der Waals surface area (Å²) >= 11 is 0. The van der Waals surface area contributed by atoms with Crippen LogP contribution < -0.4 is 10.6 Å². The number of amides is 2. The highest BCUT2D eigenvalue weighted by molar-refractivity contribution is 6.43. The molecule has 1 aliphatic carbocycles. The van der Waals surface area contributed by atoms with E-state index < -0.39 is 47.7 Å². The number of Topliss-reactive ketones (excluding diaryl/α,β-unsaturated/α-hetero) is 1. The number of benzene rings is 1. The van der Waals surface area contributed by atoms with E-state index in [2.05, 4.69) is 26.0 Å². The zero-order valence-electron chi connectivity index (χ0n) is 18.4. The molecule has 3 N–H and O–H groups in total. The maximum absolute atomic E-state index is 13.7. The highest BCUT2D eigenvalue weighted by atomic mass is 19.3. The van der Waals surface area contributed by atoms with E-state index in [1.165, 1.54) is 36.9 Å². The van der Waals surface area contributed by atoms with Crippen LogP contribution in [0.15, 0.2) is 30.5 Å². The maximum atomic E-state index is 13.7. The molecular formula is C22H18F3N7O3. The number of H-pyrrole nitrogens is 1. The molecule has 35 heavy (non-hydrogen) atoms. The Morgan fingerprint density at radius 3 is 2.54 bits per heavy atom. The van der Waals surface area contributed by atoms with E-state index in [4.69, 9.17) is 5.26 Å². The summed E-state index contributed by atoms with van der Waals surface area (Å²) in [6.07, 6.45) is -0.284. The number of alkyl halides is 2. The van der Waals surface area contributed by atoms with Crippen LogP contribution in [0.25, 0.3) is 0 Å². The number of hydrogen-bond donors (Lipinski definition) is 3. The van der Waals surface area contributed by atoms with E-state index >= 15 is 0 Å². The molecule has 1 fully saturated rings. The van der Waals surface area contributed by atoms with E-state index in [9.17, 15) is 27.6 Å². The van der Waals surface area contributed by atoms with Crippen LogP contribution in [0.1, 0.15) is 50.6 Å². The predicted molar refractivity (Wildman–Crippen MR) is 114 cm³/mol. The van der Waals surface area contributed by atoms with Crippen LogP contribution in [0, 0.1) is 24.1 Å². The molecule has 1 saturated carbocycles. The molecule has 2 heterocycles. The van der Waals surface area contributed by atoms with Crippen molar-refractivity contribution in [2.45, 2.75) is 31.2 Å². The number of nitrogens with zero attached hydrogens (tertiary/aromatic N) is 4. The van der Waals surface area contributed by atoms with Gasteiger partial charge in [-0.2, -0.15) is 20.7 Å². The average Bonchev–Trinajstić information content (AvgIpc) is 3.42. The van der Waals surface area contributed by atoms with Crippen LogP contribution in [0.5, 0.6) is 0 Å². The van der Waals surface area contributed by atoms with Gasteiger partial charge in [0.25, 0.3) is 23.5 Å². The monoisotopic (exact) mass is 485 g/mol. The Kier molecular flexibility index (Phi) is 5.68. The number of carbonyl (C=O) groups is 3. The standard InChI is InChI=1S/C22H18F3N7O3/c1-11-14(6-16(32(11)2)19(34)28-13-3-4-15(23)12(5-13)7-26)18(33)20(35)29-21(9-22(24,25)10-21)17-8-27-31-30-17/h3-6,8H,9-10H2,1-2H3,(H,28,34)(H,29,35)(H,27,30,31). The van der Waals surface area contributed by atoms with Crippen molar-refractivity contribution in [2.24, 2.45) is 7.05 Å². The lowest BCUT2D eigenvalue weighted by Crippen LogP contribution is -2.61. The summed E-state index contributed by atoms with van der Waals surface area (Å²) in [5.41, 5.74) is -1.41. The van der Waals surface area contributed by atoms with Gasteiger partial charge in [0, 0.05) is 36.8 Å². The van der Waals surface area contributed by atoms with Crippen molar-refractivity contribution < 1.29 is 27.6 Å². The topological polar surface area (TPSA) is 146 Å². The Hall–Kier alpha value is -4.47. The van der Waals surface area contributed by atoms with Crippen LogP contribution in [0.2, 0.25) is 0 Å². The van der Waals surface area contributed by atoms with E-state index in [0.29, 0.717) is 0 Å². The summed E-state index contributed by atoms with van der Waals surface area (Å²) < 4.78 is 42.3. The maximum Gasteiger partial charge on any atom is 0.293 e. The molecule has 2 aromatic heterocycles. The minimum atomic E-state index is -3.03. The number of nitrogens with one attached hydrogen (secondary N) is 3. The van der Waals surface area contributed by atoms with Gasteiger partial charge in [-0.05, 0) is 31.2 Å². The quantitative estimate of drug-likeness (QED) is 0.361. The summed E-state index contributed by atoms with van der Waals surface area (Å²) in [5, 5.41) is 23.5. The van der Waals surface area contributed by atoms with Crippen molar-refractivity contribution in [2.75, 3.05) is 5.32 Å². The molecule has 1 aromatic carbocycles. The van der Waals surface area contributed by atoms with Gasteiger partial charge in [-0.3, -0.25) is 14.4 Å². The van der Waals surface area contributed by atoms with Crippen LogP contribution in [0.4, 0.5) is 18.9 Å². The van der Waals surface area contributed by atoms with Crippen LogP contribution >= 0.6 is 0 Å². The van der Waals surface area contributed by atoms with Gasteiger partial charge >= 0.3 is 0 Å². The van der Waals surface area contributed by atoms with Gasteiger partial charge in [0.1, 0.15) is 23.3 Å². The predicted octanol–water partition coefficient (Wildman–Crippen LogP) is 2.34. The fourth-order valence-electron chi connectivity index (χ4n) is 4.02. The second-order valence-electron chi connectivity index (χ2n) is 8.28. The normalized spacial score (nSPS) is 15.5. The second kappa shape index (κ2) is 8.39. The molecule has 3 aromatic rings. The molecule has 0 aliphatic heterocycles. The molecule has 4 rings (SSSR count). The summed E-state index contributed by atoms with van der Waals surface area (Å²) in [5.74, 6) is -6.62. The van der Waals surface area contributed by atoms with E-state index in [1.54, 1.807) is 6.07 Å². The molecule has 0 unspecified atom stereocenters. The summed E-state index contributed by atoms with van der Waals surface area (Å²) in [6, 6.07) is 6.30. The molecule has 0 atom stereocenters. The van der Waals surface area contributed by atoms with Gasteiger partial charge in [-0.25, -0.2) is 13.2 Å². The lowest BCUT2D eigenvalue weighted by Gasteiger charge is -2.46. The van der Waals surface area contributed by atoms with Crippen molar-refractivity contribution in [3.8, 4) is 6.07 Å². The number of ketones is 1. The summed E-state index contributed by atoms with van der Waals surface area (Å²) in [4.78, 5) is 38.4. The van der Waals surface area contributed by atoms with Gasteiger partial charge in [0.15, 0.2) is 0 Å². The van der Waals surface area contributed by atoms with Gasteiger partial charge in [-0.15, -0.1) is 0 Å². The van der Waals surface area contributed by atoms with Crippen molar-refractivity contribution in [3.63, 3.8) is 0 Å². The molecule has 1 aliphatic rings. The minimum absolute atomic E-state index is 0.00266. The first-order chi connectivity index (χ1) is 16.5. The summed E-state index contributed by atoms with van der Waals surface area (Å²) in [7, 11) is 1.49. The smallest absolute Gasteiger partial charge is 0.293 e. The van der Waals surface area contributed by atoms with Crippen LogP contribution in [-0.2, 0) is 17.4 Å². The number of nitriles is 1. The van der Waals surface area contributed by atoms with Crippen molar-refractivity contribution in [1.82, 2.24) is 25.3 Å². The minimum Gasteiger partial charge on any atom is -0.343 e. The highest BCUT2D eigenvalue weighted by Gasteiger charge is 2.60. The fourth-order valence-corrected chi connectivity index (χ4v) is 4.02. The molecule has 180 valence electrons. The Balaban J connectivity index is 1.55. The van der Waals surface area contributed by atoms with E-state index in [0.717, 1.165) is 12.1 Å². The number of anilines is 1. The van der Waals surface area contributed by atoms with Gasteiger partial charge in [0.05, 0.1) is 17.3 Å². The number of aromatic nitrogens is 4. The van der Waals surface area contributed by atoms with E-state index in [1.807, 2.05) is 0 Å². The molecule has 0 saturated heterocycles. The van der Waals surface area contributed by atoms with Crippen molar-refractivity contribution >= 4 is 23.3 Å².